The lowest BCUT2D eigenvalue weighted by Crippen LogP contribution is -3.11. The van der Waals surface area contributed by atoms with Crippen molar-refractivity contribution in [2.24, 2.45) is 0 Å². The van der Waals surface area contributed by atoms with Gasteiger partial charge in [0.1, 0.15) is 11.5 Å². The van der Waals surface area contributed by atoms with Gasteiger partial charge < -0.3 is 10.2 Å². The molecule has 23 heavy (non-hydrogen) atoms. The summed E-state index contributed by atoms with van der Waals surface area (Å²) in [7, 11) is 0. The molecule has 2 aromatic rings. The van der Waals surface area contributed by atoms with Gasteiger partial charge in [-0.25, -0.2) is 0 Å². The van der Waals surface area contributed by atoms with E-state index in [4.69, 9.17) is 0 Å². The Hall–Kier alpha value is -1.65. The first-order valence-electron chi connectivity index (χ1n) is 8.58. The molecule has 0 unspecified atom stereocenters. The molecule has 3 rings (SSSR count). The molecule has 0 bridgehead atoms. The third kappa shape index (κ3) is 4.21. The van der Waals surface area contributed by atoms with Gasteiger partial charge in [0.15, 0.2) is 0 Å². The quantitative estimate of drug-likeness (QED) is 0.868. The summed E-state index contributed by atoms with van der Waals surface area (Å²) in [4.78, 5) is 15.4. The third-order valence-corrected chi connectivity index (χ3v) is 5.71. The van der Waals surface area contributed by atoms with Crippen LogP contribution in [0.15, 0.2) is 36.4 Å². The molecular formula is C19H25N2OS+. The van der Waals surface area contributed by atoms with Gasteiger partial charge in [0.25, 0.3) is 5.91 Å². The number of piperidine rings is 1. The Morgan fingerprint density at radius 2 is 1.91 bits per heavy atom. The average molecular weight is 329 g/mol. The maximum Gasteiger partial charge on any atom is 0.256 e. The van der Waals surface area contributed by atoms with E-state index in [2.05, 4.69) is 18.3 Å². The monoisotopic (exact) mass is 329 g/mol. The van der Waals surface area contributed by atoms with E-state index in [9.17, 15) is 4.79 Å². The lowest BCUT2D eigenvalue weighted by Gasteiger charge is -2.23. The number of thiophene rings is 1. The molecule has 1 amide bonds. The zero-order chi connectivity index (χ0) is 16.1. The first kappa shape index (κ1) is 16.2. The van der Waals surface area contributed by atoms with E-state index < -0.39 is 0 Å². The van der Waals surface area contributed by atoms with Crippen molar-refractivity contribution in [2.45, 2.75) is 39.2 Å². The molecule has 1 aliphatic heterocycles. The number of nitrogens with one attached hydrogen (secondary N) is 2. The van der Waals surface area contributed by atoms with Crippen molar-refractivity contribution in [3.05, 3.63) is 52.4 Å². The summed E-state index contributed by atoms with van der Waals surface area (Å²) in [6, 6.07) is 11.7. The van der Waals surface area contributed by atoms with Crippen LogP contribution in [0.2, 0.25) is 0 Å². The third-order valence-electron chi connectivity index (χ3n) is 4.47. The lowest BCUT2D eigenvalue weighted by atomic mass is 10.1. The average Bonchev–Trinajstić information content (AvgIpc) is 2.98. The van der Waals surface area contributed by atoms with Crippen LogP contribution in [0.4, 0.5) is 5.00 Å². The standard InChI is InChI=1S/C19H24N2OS/c1-2-17-13-16(14-21-11-7-4-8-12-21)19(23-17)20-18(22)15-9-5-3-6-10-15/h3,5-6,9-10,13H,2,4,7-8,11-12,14H2,1H3,(H,20,22)/p+1. The van der Waals surface area contributed by atoms with Gasteiger partial charge in [-0.2, -0.15) is 0 Å². The lowest BCUT2D eigenvalue weighted by molar-refractivity contribution is -0.918. The number of carbonyl (C=O) groups excluding carboxylic acids is 1. The molecule has 1 aliphatic rings. The number of benzene rings is 1. The van der Waals surface area contributed by atoms with Gasteiger partial charge >= 0.3 is 0 Å². The van der Waals surface area contributed by atoms with Crippen LogP contribution in [0, 0.1) is 0 Å². The number of likely N-dealkylation sites (tertiary alicyclic amines) is 1. The maximum absolute atomic E-state index is 12.4. The first-order valence-corrected chi connectivity index (χ1v) is 9.39. The summed E-state index contributed by atoms with van der Waals surface area (Å²) in [6.07, 6.45) is 5.04. The Morgan fingerprint density at radius 3 is 2.61 bits per heavy atom. The second-order valence-electron chi connectivity index (χ2n) is 6.23. The van der Waals surface area contributed by atoms with Gasteiger partial charge in [0.05, 0.1) is 13.1 Å². The number of hydrogen-bond acceptors (Lipinski definition) is 2. The van der Waals surface area contributed by atoms with Crippen LogP contribution in [0.3, 0.4) is 0 Å². The SMILES string of the molecule is CCc1cc(C[NH+]2CCCCC2)c(NC(=O)c2ccccc2)s1. The van der Waals surface area contributed by atoms with Crippen LogP contribution in [0.1, 0.15) is 47.0 Å². The molecule has 0 saturated carbocycles. The van der Waals surface area contributed by atoms with Crippen LogP contribution in [-0.4, -0.2) is 19.0 Å². The highest BCUT2D eigenvalue weighted by molar-refractivity contribution is 7.16. The molecule has 1 fully saturated rings. The zero-order valence-corrected chi connectivity index (χ0v) is 14.5. The normalized spacial score (nSPS) is 15.5. The summed E-state index contributed by atoms with van der Waals surface area (Å²) in [5.74, 6) is -0.00926. The van der Waals surface area contributed by atoms with Crippen molar-refractivity contribution in [1.82, 2.24) is 0 Å². The van der Waals surface area contributed by atoms with Gasteiger partial charge in [-0.3, -0.25) is 4.79 Å². The molecule has 2 heterocycles. The van der Waals surface area contributed by atoms with Crippen LogP contribution in [-0.2, 0) is 13.0 Å². The summed E-state index contributed by atoms with van der Waals surface area (Å²) in [5.41, 5.74) is 2.02. The Labute approximate surface area is 142 Å². The molecule has 1 aromatic carbocycles. The minimum atomic E-state index is -0.00926. The fourth-order valence-corrected chi connectivity index (χ4v) is 4.17. The van der Waals surface area contributed by atoms with Crippen molar-refractivity contribution < 1.29 is 9.69 Å². The molecule has 1 aromatic heterocycles. The summed E-state index contributed by atoms with van der Waals surface area (Å²) >= 11 is 1.73. The van der Waals surface area contributed by atoms with Crippen LogP contribution >= 0.6 is 11.3 Å². The highest BCUT2D eigenvalue weighted by Gasteiger charge is 2.19. The van der Waals surface area contributed by atoms with Gasteiger partial charge in [-0.15, -0.1) is 11.3 Å². The van der Waals surface area contributed by atoms with Gasteiger partial charge in [0.2, 0.25) is 0 Å². The molecule has 0 radical (unpaired) electrons. The summed E-state index contributed by atoms with van der Waals surface area (Å²) in [6.45, 7) is 5.71. The summed E-state index contributed by atoms with van der Waals surface area (Å²) in [5, 5.41) is 4.17. The second-order valence-corrected chi connectivity index (χ2v) is 7.36. The maximum atomic E-state index is 12.4. The molecular weight excluding hydrogens is 304 g/mol. The van der Waals surface area contributed by atoms with Crippen LogP contribution < -0.4 is 10.2 Å². The zero-order valence-electron chi connectivity index (χ0n) is 13.7. The van der Waals surface area contributed by atoms with E-state index in [-0.39, 0.29) is 5.91 Å². The minimum absolute atomic E-state index is 0.00926. The molecule has 3 nitrogen and oxygen atoms in total. The Bertz CT molecular complexity index is 645. The van der Waals surface area contributed by atoms with E-state index in [0.717, 1.165) is 23.5 Å². The van der Waals surface area contributed by atoms with Crippen molar-refractivity contribution in [3.8, 4) is 0 Å². The van der Waals surface area contributed by atoms with Crippen molar-refractivity contribution in [2.75, 3.05) is 18.4 Å². The minimum Gasteiger partial charge on any atom is -0.331 e. The van der Waals surface area contributed by atoms with Crippen LogP contribution in [0.5, 0.6) is 0 Å². The second kappa shape index (κ2) is 7.75. The van der Waals surface area contributed by atoms with E-state index in [1.165, 1.54) is 42.8 Å². The highest BCUT2D eigenvalue weighted by atomic mass is 32.1. The number of carbonyl (C=O) groups is 1. The number of hydrogen-bond donors (Lipinski definition) is 2. The largest absolute Gasteiger partial charge is 0.331 e. The molecule has 2 N–H and O–H groups in total. The van der Waals surface area contributed by atoms with Gasteiger partial charge in [-0.05, 0) is 43.9 Å². The topological polar surface area (TPSA) is 33.5 Å². The summed E-state index contributed by atoms with van der Waals surface area (Å²) < 4.78 is 0. The fraction of sp³-hybridized carbons (Fsp3) is 0.421. The predicted octanol–water partition coefficient (Wildman–Crippen LogP) is 3.13. The van der Waals surface area contributed by atoms with Gasteiger partial charge in [0, 0.05) is 16.0 Å². The number of rotatable bonds is 5. The molecule has 4 heteroatoms. The number of anilines is 1. The fourth-order valence-electron chi connectivity index (χ4n) is 3.16. The Balaban J connectivity index is 1.75. The number of amides is 1. The molecule has 0 aliphatic carbocycles. The van der Waals surface area contributed by atoms with Crippen molar-refractivity contribution in [3.63, 3.8) is 0 Å². The van der Waals surface area contributed by atoms with E-state index in [0.29, 0.717) is 0 Å². The molecule has 0 atom stereocenters. The van der Waals surface area contributed by atoms with Crippen molar-refractivity contribution in [1.29, 1.82) is 0 Å². The predicted molar refractivity (Wildman–Crippen MR) is 96.3 cm³/mol. The molecule has 122 valence electrons. The van der Waals surface area contributed by atoms with Crippen molar-refractivity contribution >= 4 is 22.2 Å². The highest BCUT2D eigenvalue weighted by Crippen LogP contribution is 2.28. The van der Waals surface area contributed by atoms with E-state index >= 15 is 0 Å². The van der Waals surface area contributed by atoms with E-state index in [1.807, 2.05) is 30.3 Å². The molecule has 1 saturated heterocycles. The van der Waals surface area contributed by atoms with E-state index in [1.54, 1.807) is 16.2 Å². The smallest absolute Gasteiger partial charge is 0.256 e. The van der Waals surface area contributed by atoms with Crippen LogP contribution in [0.25, 0.3) is 0 Å². The number of quaternary nitrogens is 1. The first-order chi connectivity index (χ1) is 11.3. The molecule has 0 spiro atoms. The van der Waals surface area contributed by atoms with Gasteiger partial charge in [-0.1, -0.05) is 25.1 Å². The number of aryl methyl sites for hydroxylation is 1. The Kier molecular flexibility index (Phi) is 5.47. The Morgan fingerprint density at radius 1 is 1.17 bits per heavy atom.